The van der Waals surface area contributed by atoms with Crippen molar-refractivity contribution < 1.29 is 13.9 Å². The highest BCUT2D eigenvalue weighted by molar-refractivity contribution is 7.98. The fourth-order valence-electron chi connectivity index (χ4n) is 3.92. The van der Waals surface area contributed by atoms with Crippen molar-refractivity contribution in [3.8, 4) is 22.6 Å². The molecule has 7 nitrogen and oxygen atoms in total. The van der Waals surface area contributed by atoms with E-state index in [1.807, 2.05) is 48.7 Å². The number of carbonyl (C=O) groups is 1. The van der Waals surface area contributed by atoms with Crippen LogP contribution < -0.4 is 15.1 Å². The van der Waals surface area contributed by atoms with E-state index in [4.69, 9.17) is 16.0 Å². The van der Waals surface area contributed by atoms with E-state index in [9.17, 15) is 9.59 Å². The van der Waals surface area contributed by atoms with Crippen LogP contribution in [-0.2, 0) is 4.79 Å². The van der Waals surface area contributed by atoms with Crippen molar-refractivity contribution in [3.63, 3.8) is 0 Å². The lowest BCUT2D eigenvalue weighted by Gasteiger charge is -2.29. The number of anilines is 1. The summed E-state index contributed by atoms with van der Waals surface area (Å²) in [4.78, 5) is 30.3. The number of aromatic amines is 1. The van der Waals surface area contributed by atoms with Gasteiger partial charge in [0.05, 0.1) is 11.3 Å². The molecule has 5 rings (SSSR count). The summed E-state index contributed by atoms with van der Waals surface area (Å²) in [6.07, 6.45) is 1.07. The largest absolute Gasteiger partial charge is 0.452 e. The summed E-state index contributed by atoms with van der Waals surface area (Å²) < 4.78 is 7.77. The molecule has 0 saturated carbocycles. The number of hydrogen-bond acceptors (Lipinski definition) is 5. The van der Waals surface area contributed by atoms with Gasteiger partial charge in [-0.05, 0) is 59.5 Å². The summed E-state index contributed by atoms with van der Waals surface area (Å²) in [5.74, 6) is 0.907. The third-order valence-corrected chi connectivity index (χ3v) is 6.12. The monoisotopic (exact) mass is 465 g/mol. The second-order valence-corrected chi connectivity index (χ2v) is 8.48. The van der Waals surface area contributed by atoms with E-state index >= 15 is 0 Å². The van der Waals surface area contributed by atoms with Crippen LogP contribution in [-0.4, -0.2) is 22.2 Å². The summed E-state index contributed by atoms with van der Waals surface area (Å²) in [7, 11) is 0. The second kappa shape index (κ2) is 7.96. The minimum atomic E-state index is -0.758. The van der Waals surface area contributed by atoms with Gasteiger partial charge in [-0.1, -0.05) is 35.5 Å². The molecule has 0 aliphatic carbocycles. The van der Waals surface area contributed by atoms with Gasteiger partial charge in [-0.2, -0.15) is 0 Å². The molecule has 1 aliphatic heterocycles. The first kappa shape index (κ1) is 20.5. The number of carbonyl (C=O) groups excluding carboxylic acids is 1. The number of amides is 1. The summed E-state index contributed by atoms with van der Waals surface area (Å²) in [5, 5.41) is 5.70. The first-order chi connectivity index (χ1) is 15.5. The molecule has 1 aliphatic rings. The highest BCUT2D eigenvalue weighted by Gasteiger charge is 2.46. The molecule has 0 radical (unpaired) electrons. The Balaban J connectivity index is 1.74. The second-order valence-electron chi connectivity index (χ2n) is 7.25. The Morgan fingerprint density at radius 3 is 2.62 bits per heavy atom. The maximum absolute atomic E-state index is 13.0. The van der Waals surface area contributed by atoms with E-state index in [0.29, 0.717) is 38.6 Å². The van der Waals surface area contributed by atoms with Crippen LogP contribution in [0.1, 0.15) is 18.8 Å². The number of nitrogens with zero attached hydrogens (tertiary/aromatic N) is 3. The summed E-state index contributed by atoms with van der Waals surface area (Å²) in [6.45, 7) is 1.49. The third kappa shape index (κ3) is 3.32. The predicted molar refractivity (Wildman–Crippen MR) is 123 cm³/mol. The smallest absolute Gasteiger partial charge is 0.325 e. The third-order valence-electron chi connectivity index (χ3n) is 5.30. The molecule has 32 heavy (non-hydrogen) atoms. The summed E-state index contributed by atoms with van der Waals surface area (Å²) >= 11 is 7.32. The predicted octanol–water partition coefficient (Wildman–Crippen LogP) is 4.27. The Kier molecular flexibility index (Phi) is 5.11. The quantitative estimate of drug-likeness (QED) is 0.361. The number of hydrogen-bond donors (Lipinski definition) is 1. The molecular formula is C23H18ClN4O3S+. The number of thioether (sulfide) groups is 1. The molecular weight excluding hydrogens is 448 g/mol. The molecule has 0 spiro atoms. The minimum Gasteiger partial charge on any atom is -0.452 e. The SMILES string of the molecule is CSc1n[n+]2c(c(=O)[nH]1)-c1ccccc1N(C(C)=O)C2c1ccc(-c2ccc(Cl)cc2)o1. The summed E-state index contributed by atoms with van der Waals surface area (Å²) in [6, 6.07) is 18.2. The van der Waals surface area contributed by atoms with E-state index in [1.54, 1.807) is 27.8 Å². The fourth-order valence-corrected chi connectivity index (χ4v) is 4.41. The highest BCUT2D eigenvalue weighted by atomic mass is 35.5. The number of rotatable bonds is 3. The van der Waals surface area contributed by atoms with Gasteiger partial charge in [0.15, 0.2) is 5.76 Å². The average Bonchev–Trinajstić information content (AvgIpc) is 3.27. The minimum absolute atomic E-state index is 0.196. The number of fused-ring (bicyclic) bond motifs is 3. The zero-order valence-electron chi connectivity index (χ0n) is 17.2. The Bertz CT molecular complexity index is 1400. The van der Waals surface area contributed by atoms with Crippen molar-refractivity contribution in [2.24, 2.45) is 0 Å². The van der Waals surface area contributed by atoms with Gasteiger partial charge in [0.1, 0.15) is 5.76 Å². The molecule has 0 bridgehead atoms. The van der Waals surface area contributed by atoms with Crippen molar-refractivity contribution >= 4 is 35.0 Å². The molecule has 0 fully saturated rings. The van der Waals surface area contributed by atoms with Crippen LogP contribution >= 0.6 is 23.4 Å². The molecule has 0 saturated heterocycles. The Morgan fingerprint density at radius 1 is 1.16 bits per heavy atom. The average molecular weight is 466 g/mol. The van der Waals surface area contributed by atoms with Crippen LogP contribution in [0.5, 0.6) is 0 Å². The molecule has 2 aromatic heterocycles. The van der Waals surface area contributed by atoms with Crippen molar-refractivity contribution in [2.45, 2.75) is 18.2 Å². The normalized spacial score (nSPS) is 14.7. The lowest BCUT2D eigenvalue weighted by atomic mass is 10.0. The van der Waals surface area contributed by atoms with Crippen molar-refractivity contribution in [2.75, 3.05) is 11.2 Å². The molecule has 3 heterocycles. The maximum Gasteiger partial charge on any atom is 0.325 e. The molecule has 1 N–H and O–H groups in total. The van der Waals surface area contributed by atoms with Gasteiger partial charge in [0.2, 0.25) is 11.1 Å². The molecule has 9 heteroatoms. The van der Waals surface area contributed by atoms with Crippen molar-refractivity contribution in [1.29, 1.82) is 0 Å². The van der Waals surface area contributed by atoms with Gasteiger partial charge < -0.3 is 4.42 Å². The molecule has 1 amide bonds. The Hall–Kier alpha value is -3.36. The fraction of sp³-hybridized carbons (Fsp3) is 0.130. The number of aromatic nitrogens is 3. The number of benzene rings is 2. The highest BCUT2D eigenvalue weighted by Crippen LogP contribution is 2.38. The van der Waals surface area contributed by atoms with E-state index in [-0.39, 0.29) is 11.5 Å². The van der Waals surface area contributed by atoms with Crippen molar-refractivity contribution in [1.82, 2.24) is 10.1 Å². The first-order valence-electron chi connectivity index (χ1n) is 9.83. The number of para-hydroxylation sites is 1. The number of halogens is 1. The van der Waals surface area contributed by atoms with Crippen LogP contribution in [0.15, 0.2) is 75.0 Å². The van der Waals surface area contributed by atoms with Crippen LogP contribution in [0.25, 0.3) is 22.6 Å². The Morgan fingerprint density at radius 2 is 1.91 bits per heavy atom. The first-order valence-corrected chi connectivity index (χ1v) is 11.4. The molecule has 4 aromatic rings. The van der Waals surface area contributed by atoms with E-state index in [1.165, 1.54) is 18.7 Å². The lowest BCUT2D eigenvalue weighted by molar-refractivity contribution is -0.764. The zero-order valence-corrected chi connectivity index (χ0v) is 18.8. The van der Waals surface area contributed by atoms with Gasteiger partial charge in [-0.25, -0.2) is 4.90 Å². The zero-order chi connectivity index (χ0) is 22.4. The number of nitrogens with one attached hydrogen (secondary N) is 1. The molecule has 1 unspecified atom stereocenters. The van der Waals surface area contributed by atoms with Gasteiger partial charge in [0, 0.05) is 22.6 Å². The van der Waals surface area contributed by atoms with Gasteiger partial charge >= 0.3 is 17.4 Å². The van der Waals surface area contributed by atoms with E-state index in [2.05, 4.69) is 10.1 Å². The number of furan rings is 1. The van der Waals surface area contributed by atoms with Gasteiger partial charge in [0.25, 0.3) is 0 Å². The number of H-pyrrole nitrogens is 1. The van der Waals surface area contributed by atoms with Crippen LogP contribution in [0.4, 0.5) is 5.69 Å². The van der Waals surface area contributed by atoms with Crippen LogP contribution in [0.3, 0.4) is 0 Å². The maximum atomic E-state index is 13.0. The van der Waals surface area contributed by atoms with E-state index < -0.39 is 6.17 Å². The topological polar surface area (TPSA) is 83.1 Å². The van der Waals surface area contributed by atoms with Gasteiger partial charge in [-0.3, -0.25) is 14.6 Å². The Labute approximate surface area is 192 Å². The standard InChI is InChI=1S/C23H17ClN4O3S/c1-13(29)27-17-6-4-3-5-16(17)20-21(30)25-23(32-2)26-28(20)22(27)19-12-11-18(31-19)14-7-9-15(24)10-8-14/h3-12,22H,1-2H3/p+1. The van der Waals surface area contributed by atoms with Crippen LogP contribution in [0, 0.1) is 0 Å². The summed E-state index contributed by atoms with van der Waals surface area (Å²) in [5.41, 5.74) is 2.18. The molecule has 1 atom stereocenters. The van der Waals surface area contributed by atoms with Crippen LogP contribution in [0.2, 0.25) is 5.02 Å². The van der Waals surface area contributed by atoms with Gasteiger partial charge in [-0.15, -0.1) is 0 Å². The molecule has 160 valence electrons. The molecule has 2 aromatic carbocycles. The van der Waals surface area contributed by atoms with Crippen molar-refractivity contribution in [3.05, 3.63) is 81.8 Å². The van der Waals surface area contributed by atoms with E-state index in [0.717, 1.165) is 5.56 Å². The lowest BCUT2D eigenvalue weighted by Crippen LogP contribution is -2.60.